The summed E-state index contributed by atoms with van der Waals surface area (Å²) < 4.78 is 57.0. The van der Waals surface area contributed by atoms with Crippen LogP contribution < -0.4 is 14.4 Å². The average molecular weight is 465 g/mol. The van der Waals surface area contributed by atoms with Crippen LogP contribution in [0.15, 0.2) is 47.4 Å². The SMILES string of the molecule is COc1ccc(S(=O)(=O)N2CCc3ccccc32)cc1C(=O)N[C@]1(C)CCS(=O)(=O)C1. The third kappa shape index (κ3) is 4.01. The summed E-state index contributed by atoms with van der Waals surface area (Å²) in [6.45, 7) is 1.99. The number of sulfonamides is 1. The third-order valence-corrected chi connectivity index (χ3v) is 9.48. The molecule has 0 bridgehead atoms. The summed E-state index contributed by atoms with van der Waals surface area (Å²) in [7, 11) is -5.72. The number of rotatable bonds is 5. The number of sulfone groups is 1. The Morgan fingerprint density at radius 3 is 2.61 bits per heavy atom. The van der Waals surface area contributed by atoms with Crippen LogP contribution in [0.2, 0.25) is 0 Å². The standard InChI is InChI=1S/C21H24N2O6S2/c1-21(10-12-30(25,26)14-21)22-20(24)17-13-16(7-8-19(17)29-2)31(27,28)23-11-9-15-5-3-4-6-18(15)23/h3-8,13H,9-12,14H2,1-2H3,(H,22,24)/t21-/m1/s1. The molecule has 0 saturated carbocycles. The van der Waals surface area contributed by atoms with Crippen molar-refractivity contribution >= 4 is 31.5 Å². The lowest BCUT2D eigenvalue weighted by Gasteiger charge is -2.25. The molecule has 10 heteroatoms. The monoisotopic (exact) mass is 464 g/mol. The summed E-state index contributed by atoms with van der Waals surface area (Å²) in [6, 6.07) is 11.5. The molecule has 2 aromatic carbocycles. The minimum Gasteiger partial charge on any atom is -0.496 e. The minimum absolute atomic E-state index is 0.00367. The van der Waals surface area contributed by atoms with Crippen LogP contribution in [0, 0.1) is 0 Å². The summed E-state index contributed by atoms with van der Waals surface area (Å²) in [5.41, 5.74) is 0.714. The number of ether oxygens (including phenoxy) is 1. The molecule has 2 heterocycles. The zero-order valence-corrected chi connectivity index (χ0v) is 18.9. The first kappa shape index (κ1) is 21.6. The van der Waals surface area contributed by atoms with Gasteiger partial charge in [0.05, 0.1) is 40.3 Å². The topological polar surface area (TPSA) is 110 Å². The van der Waals surface area contributed by atoms with Crippen molar-refractivity contribution in [1.82, 2.24) is 5.32 Å². The third-order valence-electron chi connectivity index (χ3n) is 5.77. The van der Waals surface area contributed by atoms with Gasteiger partial charge in [0.25, 0.3) is 15.9 Å². The number of methoxy groups -OCH3 is 1. The molecule has 1 N–H and O–H groups in total. The summed E-state index contributed by atoms with van der Waals surface area (Å²) in [5.74, 6) is -0.515. The first-order valence-corrected chi connectivity index (χ1v) is 13.1. The van der Waals surface area contributed by atoms with Gasteiger partial charge < -0.3 is 10.1 Å². The smallest absolute Gasteiger partial charge is 0.264 e. The fraction of sp³-hybridized carbons (Fsp3) is 0.381. The van der Waals surface area contributed by atoms with Gasteiger partial charge in [-0.2, -0.15) is 0 Å². The summed E-state index contributed by atoms with van der Waals surface area (Å²) in [6.07, 6.45) is 0.914. The molecular formula is C21H24N2O6S2. The fourth-order valence-electron chi connectivity index (χ4n) is 4.16. The van der Waals surface area contributed by atoms with Gasteiger partial charge in [0, 0.05) is 6.54 Å². The van der Waals surface area contributed by atoms with E-state index in [0.29, 0.717) is 25.1 Å². The molecule has 0 spiro atoms. The maximum absolute atomic E-state index is 13.3. The Balaban J connectivity index is 1.67. The lowest BCUT2D eigenvalue weighted by molar-refractivity contribution is 0.0912. The van der Waals surface area contributed by atoms with E-state index < -0.39 is 31.3 Å². The Morgan fingerprint density at radius 1 is 1.19 bits per heavy atom. The fourth-order valence-corrected chi connectivity index (χ4v) is 7.78. The molecule has 1 amide bonds. The molecule has 2 aromatic rings. The van der Waals surface area contributed by atoms with Crippen LogP contribution in [0.4, 0.5) is 5.69 Å². The molecule has 0 aromatic heterocycles. The van der Waals surface area contributed by atoms with Crippen LogP contribution in [-0.2, 0) is 26.3 Å². The minimum atomic E-state index is -3.89. The van der Waals surface area contributed by atoms with E-state index in [2.05, 4.69) is 5.32 Å². The molecule has 0 radical (unpaired) electrons. The van der Waals surface area contributed by atoms with Crippen molar-refractivity contribution in [3.8, 4) is 5.75 Å². The van der Waals surface area contributed by atoms with E-state index in [9.17, 15) is 21.6 Å². The molecule has 2 aliphatic rings. The number of nitrogens with zero attached hydrogens (tertiary/aromatic N) is 1. The Morgan fingerprint density at radius 2 is 1.94 bits per heavy atom. The van der Waals surface area contributed by atoms with E-state index in [1.807, 2.05) is 12.1 Å². The van der Waals surface area contributed by atoms with Crippen molar-refractivity contribution in [1.29, 1.82) is 0 Å². The zero-order chi connectivity index (χ0) is 22.4. The van der Waals surface area contributed by atoms with Crippen molar-refractivity contribution in [3.63, 3.8) is 0 Å². The second kappa shape index (κ2) is 7.52. The van der Waals surface area contributed by atoms with Crippen molar-refractivity contribution in [3.05, 3.63) is 53.6 Å². The van der Waals surface area contributed by atoms with E-state index in [4.69, 9.17) is 4.74 Å². The van der Waals surface area contributed by atoms with Crippen molar-refractivity contribution < 1.29 is 26.4 Å². The quantitative estimate of drug-likeness (QED) is 0.722. The van der Waals surface area contributed by atoms with Crippen LogP contribution in [0.3, 0.4) is 0 Å². The number of amides is 1. The Kier molecular flexibility index (Phi) is 5.25. The first-order valence-electron chi connectivity index (χ1n) is 9.86. The summed E-state index contributed by atoms with van der Waals surface area (Å²) >= 11 is 0. The number of carbonyl (C=O) groups excluding carboxylic acids is 1. The van der Waals surface area contributed by atoms with Gasteiger partial charge in [-0.15, -0.1) is 0 Å². The normalized spacial score (nSPS) is 22.2. The van der Waals surface area contributed by atoms with Crippen molar-refractivity contribution in [2.75, 3.05) is 29.5 Å². The highest BCUT2D eigenvalue weighted by atomic mass is 32.2. The molecule has 8 nitrogen and oxygen atoms in total. The van der Waals surface area contributed by atoms with Crippen LogP contribution in [0.5, 0.6) is 5.75 Å². The van der Waals surface area contributed by atoms with Crippen molar-refractivity contribution in [2.45, 2.75) is 30.2 Å². The lowest BCUT2D eigenvalue weighted by atomic mass is 10.0. The van der Waals surface area contributed by atoms with Gasteiger partial charge in [0.2, 0.25) is 0 Å². The van der Waals surface area contributed by atoms with Gasteiger partial charge in [-0.05, 0) is 49.6 Å². The maximum Gasteiger partial charge on any atom is 0.264 e. The molecule has 0 unspecified atom stereocenters. The van der Waals surface area contributed by atoms with E-state index in [1.165, 1.54) is 29.6 Å². The molecule has 1 atom stereocenters. The molecule has 31 heavy (non-hydrogen) atoms. The highest BCUT2D eigenvalue weighted by Gasteiger charge is 2.40. The predicted octanol–water partition coefficient (Wildman–Crippen LogP) is 1.75. The molecule has 4 rings (SSSR count). The molecular weight excluding hydrogens is 440 g/mol. The average Bonchev–Trinajstić information content (AvgIpc) is 3.27. The summed E-state index contributed by atoms with van der Waals surface area (Å²) in [4.78, 5) is 13.0. The van der Waals surface area contributed by atoms with E-state index in [-0.39, 0.29) is 27.7 Å². The van der Waals surface area contributed by atoms with Crippen LogP contribution >= 0.6 is 0 Å². The maximum atomic E-state index is 13.3. The number of benzene rings is 2. The van der Waals surface area contributed by atoms with Crippen LogP contribution in [-0.4, -0.2) is 53.4 Å². The number of fused-ring (bicyclic) bond motifs is 1. The van der Waals surface area contributed by atoms with Gasteiger partial charge in [-0.25, -0.2) is 16.8 Å². The molecule has 0 aliphatic carbocycles. The van der Waals surface area contributed by atoms with E-state index in [1.54, 1.807) is 19.1 Å². The largest absolute Gasteiger partial charge is 0.496 e. The van der Waals surface area contributed by atoms with Crippen LogP contribution in [0.1, 0.15) is 29.3 Å². The van der Waals surface area contributed by atoms with E-state index in [0.717, 1.165) is 5.56 Å². The number of hydrogen-bond acceptors (Lipinski definition) is 6. The first-order chi connectivity index (χ1) is 14.5. The van der Waals surface area contributed by atoms with Crippen molar-refractivity contribution in [2.24, 2.45) is 0 Å². The number of hydrogen-bond donors (Lipinski definition) is 1. The molecule has 2 aliphatic heterocycles. The molecule has 166 valence electrons. The van der Waals surface area contributed by atoms with Gasteiger partial charge in [0.15, 0.2) is 9.84 Å². The molecule has 1 saturated heterocycles. The Bertz CT molecular complexity index is 1260. The van der Waals surface area contributed by atoms with Gasteiger partial charge in [-0.1, -0.05) is 18.2 Å². The van der Waals surface area contributed by atoms with Gasteiger partial charge in [-0.3, -0.25) is 9.10 Å². The lowest BCUT2D eigenvalue weighted by Crippen LogP contribution is -2.47. The predicted molar refractivity (Wildman–Crippen MR) is 117 cm³/mol. The highest BCUT2D eigenvalue weighted by Crippen LogP contribution is 2.34. The second-order valence-electron chi connectivity index (χ2n) is 8.17. The van der Waals surface area contributed by atoms with Gasteiger partial charge in [0.1, 0.15) is 5.75 Å². The highest BCUT2D eigenvalue weighted by molar-refractivity contribution is 7.93. The zero-order valence-electron chi connectivity index (χ0n) is 17.3. The number of para-hydroxylation sites is 1. The molecule has 1 fully saturated rings. The van der Waals surface area contributed by atoms with Crippen LogP contribution in [0.25, 0.3) is 0 Å². The number of carbonyl (C=O) groups is 1. The number of nitrogens with one attached hydrogen (secondary N) is 1. The number of anilines is 1. The second-order valence-corrected chi connectivity index (χ2v) is 12.2. The summed E-state index contributed by atoms with van der Waals surface area (Å²) in [5, 5.41) is 2.76. The van der Waals surface area contributed by atoms with Gasteiger partial charge >= 0.3 is 0 Å². The Hall–Kier alpha value is -2.59. The Labute approximate surface area is 182 Å². The van der Waals surface area contributed by atoms with E-state index >= 15 is 0 Å².